The molecule has 2 saturated heterocycles. The maximum Gasteiger partial charge on any atom is 0.184 e. The quantitative estimate of drug-likeness (QED) is 0.438. The van der Waals surface area contributed by atoms with E-state index in [2.05, 4.69) is 6.92 Å². The molecule has 2 atom stereocenters. The van der Waals surface area contributed by atoms with Gasteiger partial charge in [-0.2, -0.15) is 0 Å². The van der Waals surface area contributed by atoms with Crippen molar-refractivity contribution in [2.24, 2.45) is 11.8 Å². The molecule has 1 aromatic carbocycles. The first-order chi connectivity index (χ1) is 15.5. The first kappa shape index (κ1) is 24.1. The normalized spacial score (nSPS) is 36.2. The summed E-state index contributed by atoms with van der Waals surface area (Å²) in [4.78, 5) is 0. The van der Waals surface area contributed by atoms with Crippen LogP contribution in [0.1, 0.15) is 101 Å². The molecule has 3 fully saturated rings. The zero-order chi connectivity index (χ0) is 22.6. The molecule has 4 rings (SSSR count). The fraction of sp³-hybridized carbons (Fsp3) is 0.778. The van der Waals surface area contributed by atoms with Gasteiger partial charge >= 0.3 is 0 Å². The first-order valence-corrected chi connectivity index (χ1v) is 12.8. The number of hydrogen-bond donors (Lipinski definition) is 0. The van der Waals surface area contributed by atoms with Crippen LogP contribution in [0.25, 0.3) is 0 Å². The summed E-state index contributed by atoms with van der Waals surface area (Å²) in [5.41, 5.74) is -0.113. The minimum Gasteiger partial charge on any atom is -0.377 e. The number of halogens is 2. The van der Waals surface area contributed by atoms with Crippen molar-refractivity contribution in [3.63, 3.8) is 0 Å². The van der Waals surface area contributed by atoms with Gasteiger partial charge in [0.1, 0.15) is 5.82 Å². The molecule has 0 radical (unpaired) electrons. The lowest BCUT2D eigenvalue weighted by atomic mass is 9.75. The van der Waals surface area contributed by atoms with Gasteiger partial charge < -0.3 is 14.2 Å². The standard InChI is InChI=1S/C27H40F2O3/c1-3-5-19-6-8-20(9-7-19)25-13-11-22(16-30-25)23-12-10-21(15-24(23)28)26-31-17-27(29,14-4-2)18-32-26/h10,12,15,19-20,22,25-26H,3-9,11,13-14,16-18H2,1-2H3. The van der Waals surface area contributed by atoms with Gasteiger partial charge in [-0.1, -0.05) is 58.1 Å². The van der Waals surface area contributed by atoms with Crippen molar-refractivity contribution >= 4 is 0 Å². The predicted molar refractivity (Wildman–Crippen MR) is 122 cm³/mol. The smallest absolute Gasteiger partial charge is 0.184 e. The lowest BCUT2D eigenvalue weighted by Crippen LogP contribution is -2.41. The van der Waals surface area contributed by atoms with Crippen molar-refractivity contribution in [3.05, 3.63) is 35.1 Å². The van der Waals surface area contributed by atoms with Crippen LogP contribution in [-0.4, -0.2) is 31.6 Å². The van der Waals surface area contributed by atoms with E-state index in [0.29, 0.717) is 36.2 Å². The van der Waals surface area contributed by atoms with Gasteiger partial charge in [0.2, 0.25) is 0 Å². The van der Waals surface area contributed by atoms with Gasteiger partial charge in [0.25, 0.3) is 0 Å². The summed E-state index contributed by atoms with van der Waals surface area (Å²) >= 11 is 0. The predicted octanol–water partition coefficient (Wildman–Crippen LogP) is 7.25. The first-order valence-electron chi connectivity index (χ1n) is 12.8. The van der Waals surface area contributed by atoms with E-state index < -0.39 is 12.0 Å². The summed E-state index contributed by atoms with van der Waals surface area (Å²) in [5, 5.41) is 0. The Balaban J connectivity index is 1.28. The lowest BCUT2D eigenvalue weighted by molar-refractivity contribution is -0.239. The summed E-state index contributed by atoms with van der Waals surface area (Å²) in [6.07, 6.45) is 10.7. The van der Waals surface area contributed by atoms with Gasteiger partial charge in [0.15, 0.2) is 12.0 Å². The van der Waals surface area contributed by atoms with E-state index in [1.807, 2.05) is 19.1 Å². The van der Waals surface area contributed by atoms with Crippen LogP contribution in [0.2, 0.25) is 0 Å². The fourth-order valence-electron chi connectivity index (χ4n) is 5.99. The second-order valence-electron chi connectivity index (χ2n) is 10.4. The fourth-order valence-corrected chi connectivity index (χ4v) is 5.99. The molecule has 2 unspecified atom stereocenters. The third kappa shape index (κ3) is 5.71. The van der Waals surface area contributed by atoms with Gasteiger partial charge in [-0.25, -0.2) is 8.78 Å². The molecule has 0 spiro atoms. The van der Waals surface area contributed by atoms with Crippen molar-refractivity contribution < 1.29 is 23.0 Å². The molecule has 32 heavy (non-hydrogen) atoms. The Morgan fingerprint density at radius 2 is 1.69 bits per heavy atom. The Labute approximate surface area is 192 Å². The van der Waals surface area contributed by atoms with Gasteiger partial charge in [0.05, 0.1) is 25.9 Å². The summed E-state index contributed by atoms with van der Waals surface area (Å²) < 4.78 is 47.0. The molecule has 5 heteroatoms. The number of alkyl halides is 1. The van der Waals surface area contributed by atoms with Crippen LogP contribution in [-0.2, 0) is 14.2 Å². The molecule has 0 N–H and O–H groups in total. The van der Waals surface area contributed by atoms with Crippen LogP contribution in [0.5, 0.6) is 0 Å². The van der Waals surface area contributed by atoms with Crippen LogP contribution < -0.4 is 0 Å². The number of benzene rings is 1. The van der Waals surface area contributed by atoms with E-state index in [4.69, 9.17) is 14.2 Å². The number of hydrogen-bond acceptors (Lipinski definition) is 3. The number of rotatable bonds is 7. The highest BCUT2D eigenvalue weighted by molar-refractivity contribution is 5.28. The largest absolute Gasteiger partial charge is 0.377 e. The molecule has 0 aromatic heterocycles. The molecule has 2 aliphatic heterocycles. The molecule has 180 valence electrons. The average molecular weight is 451 g/mol. The molecule has 1 saturated carbocycles. The second-order valence-corrected chi connectivity index (χ2v) is 10.4. The SMILES string of the molecule is CCCC1CCC(C2CCC(c3ccc(C4OCC(F)(CCC)CO4)cc3F)CO2)CC1. The summed E-state index contributed by atoms with van der Waals surface area (Å²) in [7, 11) is 0. The molecular formula is C27H40F2O3. The van der Waals surface area contributed by atoms with Gasteiger partial charge in [-0.05, 0) is 55.6 Å². The van der Waals surface area contributed by atoms with Crippen LogP contribution in [0, 0.1) is 17.7 Å². The molecule has 3 nitrogen and oxygen atoms in total. The van der Waals surface area contributed by atoms with Crippen LogP contribution in [0.3, 0.4) is 0 Å². The molecule has 0 bridgehead atoms. The minimum absolute atomic E-state index is 0.00686. The van der Waals surface area contributed by atoms with Gasteiger partial charge in [-0.3, -0.25) is 0 Å². The Kier molecular flexibility index (Phi) is 8.23. The van der Waals surface area contributed by atoms with Crippen LogP contribution >= 0.6 is 0 Å². The third-order valence-corrected chi connectivity index (χ3v) is 7.85. The van der Waals surface area contributed by atoms with E-state index in [1.54, 1.807) is 0 Å². The number of ether oxygens (including phenoxy) is 3. The van der Waals surface area contributed by atoms with Crippen molar-refractivity contribution in [3.8, 4) is 0 Å². The molecular weight excluding hydrogens is 410 g/mol. The van der Waals surface area contributed by atoms with Crippen LogP contribution in [0.15, 0.2) is 18.2 Å². The Bertz CT molecular complexity index is 716. The maximum absolute atomic E-state index is 15.0. The topological polar surface area (TPSA) is 27.7 Å². The zero-order valence-electron chi connectivity index (χ0n) is 19.8. The van der Waals surface area contributed by atoms with Crippen molar-refractivity contribution in [1.82, 2.24) is 0 Å². The third-order valence-electron chi connectivity index (χ3n) is 7.85. The highest BCUT2D eigenvalue weighted by atomic mass is 19.1. The molecule has 3 aliphatic rings. The Morgan fingerprint density at radius 1 is 0.938 bits per heavy atom. The summed E-state index contributed by atoms with van der Waals surface area (Å²) in [5.74, 6) is 1.43. The van der Waals surface area contributed by atoms with Crippen molar-refractivity contribution in [2.45, 2.75) is 102 Å². The van der Waals surface area contributed by atoms with E-state index >= 15 is 0 Å². The minimum atomic E-state index is -1.44. The Hall–Kier alpha value is -1.04. The second kappa shape index (κ2) is 10.9. The average Bonchev–Trinajstić information content (AvgIpc) is 2.80. The van der Waals surface area contributed by atoms with E-state index in [1.165, 1.54) is 44.6 Å². The van der Waals surface area contributed by atoms with E-state index in [9.17, 15) is 8.78 Å². The molecule has 0 amide bonds. The zero-order valence-corrected chi connectivity index (χ0v) is 19.8. The monoisotopic (exact) mass is 450 g/mol. The van der Waals surface area contributed by atoms with Gasteiger partial charge in [-0.15, -0.1) is 0 Å². The van der Waals surface area contributed by atoms with E-state index in [-0.39, 0.29) is 24.9 Å². The van der Waals surface area contributed by atoms with E-state index in [0.717, 1.165) is 25.2 Å². The summed E-state index contributed by atoms with van der Waals surface area (Å²) in [6, 6.07) is 5.19. The lowest BCUT2D eigenvalue weighted by Gasteiger charge is -2.38. The molecule has 1 aromatic rings. The molecule has 1 aliphatic carbocycles. The highest BCUT2D eigenvalue weighted by Crippen LogP contribution is 2.40. The van der Waals surface area contributed by atoms with Crippen molar-refractivity contribution in [1.29, 1.82) is 0 Å². The maximum atomic E-state index is 15.0. The van der Waals surface area contributed by atoms with Crippen molar-refractivity contribution in [2.75, 3.05) is 19.8 Å². The Morgan fingerprint density at radius 3 is 2.28 bits per heavy atom. The molecule has 2 heterocycles. The highest BCUT2D eigenvalue weighted by Gasteiger charge is 2.37. The summed E-state index contributed by atoms with van der Waals surface area (Å²) in [6.45, 7) is 4.80. The van der Waals surface area contributed by atoms with Crippen LogP contribution in [0.4, 0.5) is 8.78 Å². The van der Waals surface area contributed by atoms with Gasteiger partial charge in [0, 0.05) is 11.5 Å².